The highest BCUT2D eigenvalue weighted by molar-refractivity contribution is 9.09. The van der Waals surface area contributed by atoms with E-state index >= 15 is 0 Å². The first-order chi connectivity index (χ1) is 7.30. The maximum absolute atomic E-state index is 13.6. The Labute approximate surface area is 110 Å². The van der Waals surface area contributed by atoms with Crippen LogP contribution in [0.5, 0.6) is 0 Å². The molecule has 0 nitrogen and oxygen atoms in total. The van der Waals surface area contributed by atoms with E-state index in [0.29, 0.717) is 9.85 Å². The molecule has 1 rings (SSSR count). The second-order valence-corrected chi connectivity index (χ2v) is 7.06. The molecule has 0 fully saturated rings. The summed E-state index contributed by atoms with van der Waals surface area (Å²) in [5, 5.41) is 0.452. The Morgan fingerprint density at radius 3 is 2.56 bits per heavy atom. The van der Waals surface area contributed by atoms with Gasteiger partial charge in [-0.1, -0.05) is 54.4 Å². The Bertz CT molecular complexity index is 361. The molecule has 0 amide bonds. The van der Waals surface area contributed by atoms with Gasteiger partial charge in [0.1, 0.15) is 5.82 Å². The average molecular weight is 308 g/mol. The van der Waals surface area contributed by atoms with Crippen molar-refractivity contribution in [3.05, 3.63) is 34.6 Å². The molecule has 0 N–H and O–H groups in total. The van der Waals surface area contributed by atoms with Crippen LogP contribution in [0.15, 0.2) is 18.2 Å². The van der Waals surface area contributed by atoms with E-state index in [4.69, 9.17) is 11.6 Å². The highest BCUT2D eigenvalue weighted by Crippen LogP contribution is 2.31. The number of hydrogen-bond acceptors (Lipinski definition) is 0. The van der Waals surface area contributed by atoms with Gasteiger partial charge in [0.2, 0.25) is 0 Å². The Hall–Kier alpha value is -0.0800. The highest BCUT2D eigenvalue weighted by Gasteiger charge is 2.22. The molecule has 0 spiro atoms. The van der Waals surface area contributed by atoms with Crippen molar-refractivity contribution in [1.82, 2.24) is 0 Å². The smallest absolute Gasteiger partial charge is 0.127 e. The molecule has 16 heavy (non-hydrogen) atoms. The van der Waals surface area contributed by atoms with Gasteiger partial charge in [-0.25, -0.2) is 4.39 Å². The van der Waals surface area contributed by atoms with E-state index < -0.39 is 0 Å². The molecule has 0 radical (unpaired) electrons. The SMILES string of the molecule is CC(Br)CC(C)(C)Cc1ccc(Cl)cc1F. The van der Waals surface area contributed by atoms with E-state index in [2.05, 4.69) is 36.7 Å². The van der Waals surface area contributed by atoms with Crippen molar-refractivity contribution in [1.29, 1.82) is 0 Å². The number of rotatable bonds is 4. The quantitative estimate of drug-likeness (QED) is 0.669. The van der Waals surface area contributed by atoms with Gasteiger partial charge in [-0.2, -0.15) is 0 Å². The maximum atomic E-state index is 13.6. The molecule has 0 aliphatic heterocycles. The van der Waals surface area contributed by atoms with Crippen LogP contribution in [-0.4, -0.2) is 4.83 Å². The molecule has 1 atom stereocenters. The summed E-state index contributed by atoms with van der Waals surface area (Å²) in [5.41, 5.74) is 0.819. The predicted octanol–water partition coefficient (Wildman–Crippen LogP) is 5.22. The van der Waals surface area contributed by atoms with Gasteiger partial charge in [0.15, 0.2) is 0 Å². The van der Waals surface area contributed by atoms with Crippen LogP contribution in [0.3, 0.4) is 0 Å². The minimum atomic E-state index is -0.206. The van der Waals surface area contributed by atoms with E-state index in [1.807, 2.05) is 0 Å². The molecular weight excluding hydrogens is 290 g/mol. The van der Waals surface area contributed by atoms with E-state index in [-0.39, 0.29) is 11.2 Å². The second-order valence-electron chi connectivity index (χ2n) is 5.06. The van der Waals surface area contributed by atoms with Crippen LogP contribution in [0, 0.1) is 11.2 Å². The summed E-state index contributed by atoms with van der Waals surface area (Å²) >= 11 is 9.26. The normalized spacial score (nSPS) is 13.9. The van der Waals surface area contributed by atoms with Crippen LogP contribution in [-0.2, 0) is 6.42 Å². The lowest BCUT2D eigenvalue weighted by molar-refractivity contribution is 0.330. The van der Waals surface area contributed by atoms with Crippen LogP contribution in [0.4, 0.5) is 4.39 Å². The standard InChI is InChI=1S/C13H17BrClF/c1-9(14)7-13(2,3)8-10-4-5-11(15)6-12(10)16/h4-6,9H,7-8H2,1-3H3. The summed E-state index contributed by atoms with van der Waals surface area (Å²) in [7, 11) is 0. The third-order valence-corrected chi connectivity index (χ3v) is 3.08. The molecule has 0 heterocycles. The first-order valence-electron chi connectivity index (χ1n) is 5.38. The molecule has 0 saturated carbocycles. The molecule has 0 aliphatic carbocycles. The lowest BCUT2D eigenvalue weighted by atomic mass is 9.82. The molecule has 0 aromatic heterocycles. The Balaban J connectivity index is 2.79. The molecule has 0 bridgehead atoms. The summed E-state index contributed by atoms with van der Waals surface area (Å²) in [6.45, 7) is 6.41. The van der Waals surface area contributed by atoms with Gasteiger partial charge >= 0.3 is 0 Å². The first-order valence-corrected chi connectivity index (χ1v) is 6.67. The van der Waals surface area contributed by atoms with Gasteiger partial charge in [0.05, 0.1) is 0 Å². The molecular formula is C13H17BrClF. The molecule has 0 aliphatic rings. The summed E-state index contributed by atoms with van der Waals surface area (Å²) in [4.78, 5) is 0.442. The summed E-state index contributed by atoms with van der Waals surface area (Å²) in [6, 6.07) is 4.90. The molecule has 3 heteroatoms. The lowest BCUT2D eigenvalue weighted by Crippen LogP contribution is -2.19. The number of benzene rings is 1. The monoisotopic (exact) mass is 306 g/mol. The average Bonchev–Trinajstić information content (AvgIpc) is 2.07. The van der Waals surface area contributed by atoms with Crippen molar-refractivity contribution in [2.45, 2.75) is 38.4 Å². The summed E-state index contributed by atoms with van der Waals surface area (Å²) in [6.07, 6.45) is 1.74. The van der Waals surface area contributed by atoms with Crippen LogP contribution in [0.1, 0.15) is 32.8 Å². The topological polar surface area (TPSA) is 0 Å². The third kappa shape index (κ3) is 4.42. The van der Waals surface area contributed by atoms with Crippen molar-refractivity contribution in [2.24, 2.45) is 5.41 Å². The number of hydrogen-bond donors (Lipinski definition) is 0. The van der Waals surface area contributed by atoms with Gasteiger partial charge in [-0.15, -0.1) is 0 Å². The maximum Gasteiger partial charge on any atom is 0.127 e. The van der Waals surface area contributed by atoms with Crippen molar-refractivity contribution >= 4 is 27.5 Å². The van der Waals surface area contributed by atoms with Crippen LogP contribution >= 0.6 is 27.5 Å². The van der Waals surface area contributed by atoms with Gasteiger partial charge in [-0.3, -0.25) is 0 Å². The first kappa shape index (κ1) is 14.0. The third-order valence-electron chi connectivity index (χ3n) is 2.52. The minimum absolute atomic E-state index is 0.0809. The largest absolute Gasteiger partial charge is 0.207 e. The number of alkyl halides is 1. The van der Waals surface area contributed by atoms with Gasteiger partial charge in [0.25, 0.3) is 0 Å². The fourth-order valence-corrected chi connectivity index (χ4v) is 3.05. The van der Waals surface area contributed by atoms with Crippen molar-refractivity contribution < 1.29 is 4.39 Å². The van der Waals surface area contributed by atoms with Crippen molar-refractivity contribution in [3.63, 3.8) is 0 Å². The van der Waals surface area contributed by atoms with Gasteiger partial charge in [0, 0.05) is 9.85 Å². The van der Waals surface area contributed by atoms with Crippen molar-refractivity contribution in [3.8, 4) is 0 Å². The molecule has 1 aromatic carbocycles. The molecule has 90 valence electrons. The van der Waals surface area contributed by atoms with Gasteiger partial charge < -0.3 is 0 Å². The van der Waals surface area contributed by atoms with Crippen LogP contribution in [0.2, 0.25) is 5.02 Å². The van der Waals surface area contributed by atoms with Crippen molar-refractivity contribution in [2.75, 3.05) is 0 Å². The minimum Gasteiger partial charge on any atom is -0.207 e. The van der Waals surface area contributed by atoms with E-state index in [9.17, 15) is 4.39 Å². The zero-order valence-electron chi connectivity index (χ0n) is 9.86. The summed E-state index contributed by atoms with van der Waals surface area (Å²) < 4.78 is 13.6. The highest BCUT2D eigenvalue weighted by atomic mass is 79.9. The van der Waals surface area contributed by atoms with E-state index in [1.165, 1.54) is 6.07 Å². The van der Waals surface area contributed by atoms with E-state index in [1.54, 1.807) is 12.1 Å². The zero-order chi connectivity index (χ0) is 12.3. The Morgan fingerprint density at radius 2 is 2.06 bits per heavy atom. The van der Waals surface area contributed by atoms with E-state index in [0.717, 1.165) is 18.4 Å². The Morgan fingerprint density at radius 1 is 1.44 bits per heavy atom. The number of halogens is 3. The van der Waals surface area contributed by atoms with Crippen LogP contribution < -0.4 is 0 Å². The summed E-state index contributed by atoms with van der Waals surface area (Å²) in [5.74, 6) is -0.206. The zero-order valence-corrected chi connectivity index (χ0v) is 12.2. The predicted molar refractivity (Wildman–Crippen MR) is 71.9 cm³/mol. The van der Waals surface area contributed by atoms with Crippen LogP contribution in [0.25, 0.3) is 0 Å². The molecule has 0 saturated heterocycles. The fraction of sp³-hybridized carbons (Fsp3) is 0.538. The molecule has 1 unspecified atom stereocenters. The van der Waals surface area contributed by atoms with Gasteiger partial charge in [-0.05, 0) is 36.0 Å². The fourth-order valence-electron chi connectivity index (χ4n) is 2.01. The molecule has 1 aromatic rings. The second kappa shape index (κ2) is 5.50. The lowest BCUT2D eigenvalue weighted by Gasteiger charge is -2.26. The Kier molecular flexibility index (Phi) is 4.81.